The summed E-state index contributed by atoms with van der Waals surface area (Å²) in [6, 6.07) is 0. The fourth-order valence-electron chi connectivity index (χ4n) is 0.265. The van der Waals surface area contributed by atoms with Crippen molar-refractivity contribution in [3.05, 3.63) is 0 Å². The Kier molecular flexibility index (Phi) is 3.78. The third kappa shape index (κ3) is 5.88. The van der Waals surface area contributed by atoms with Crippen molar-refractivity contribution in [1.82, 2.24) is 0 Å². The Hall–Kier alpha value is -0.115. The summed E-state index contributed by atoms with van der Waals surface area (Å²) in [5.74, 6) is 0.184. The van der Waals surface area contributed by atoms with Gasteiger partial charge in [0, 0.05) is 6.61 Å². The first-order valence-corrected chi connectivity index (χ1v) is 2.52. The van der Waals surface area contributed by atoms with E-state index in [9.17, 15) is 8.63 Å². The fraction of sp³-hybridized carbons (Fsp3) is 1.00. The van der Waals surface area contributed by atoms with E-state index in [4.69, 9.17) is 0 Å². The van der Waals surface area contributed by atoms with E-state index in [2.05, 4.69) is 4.65 Å². The van der Waals surface area contributed by atoms with Crippen LogP contribution in [0.4, 0.5) is 8.63 Å². The number of rotatable bonds is 3. The summed E-state index contributed by atoms with van der Waals surface area (Å²) in [7, 11) is -2.61. The Morgan fingerprint density at radius 1 is 1.50 bits per heavy atom. The Labute approximate surface area is 48.2 Å². The van der Waals surface area contributed by atoms with Gasteiger partial charge in [-0.05, 0) is 5.92 Å². The van der Waals surface area contributed by atoms with Crippen LogP contribution >= 0.6 is 0 Å². The first kappa shape index (κ1) is 7.88. The van der Waals surface area contributed by atoms with Crippen molar-refractivity contribution in [1.29, 1.82) is 0 Å². The van der Waals surface area contributed by atoms with Crippen LogP contribution in [0.15, 0.2) is 0 Å². The third-order valence-corrected chi connectivity index (χ3v) is 0.556. The van der Waals surface area contributed by atoms with Crippen LogP contribution in [0.5, 0.6) is 0 Å². The average Bonchev–Trinajstić information content (AvgIpc) is 1.61. The molecule has 0 spiro atoms. The molecule has 0 saturated heterocycles. The van der Waals surface area contributed by atoms with Crippen molar-refractivity contribution >= 4 is 7.47 Å². The minimum Gasteiger partial charge on any atom is -0.379 e. The molecular weight excluding hydrogens is 113 g/mol. The van der Waals surface area contributed by atoms with Crippen molar-refractivity contribution in [2.45, 2.75) is 13.8 Å². The van der Waals surface area contributed by atoms with Crippen LogP contribution in [0.1, 0.15) is 13.8 Å². The highest BCUT2D eigenvalue weighted by Gasteiger charge is 2.14. The van der Waals surface area contributed by atoms with Gasteiger partial charge in [-0.3, -0.25) is 8.63 Å². The monoisotopic (exact) mass is 122 g/mol. The molecule has 4 heteroatoms. The normalized spacial score (nSPS) is 10.1. The van der Waals surface area contributed by atoms with Crippen LogP contribution in [0.25, 0.3) is 0 Å². The lowest BCUT2D eigenvalue weighted by Gasteiger charge is -2.01. The summed E-state index contributed by atoms with van der Waals surface area (Å²) in [6.07, 6.45) is 0. The lowest BCUT2D eigenvalue weighted by Crippen LogP contribution is -2.10. The highest BCUT2D eigenvalue weighted by molar-refractivity contribution is 6.34. The van der Waals surface area contributed by atoms with Crippen molar-refractivity contribution in [3.63, 3.8) is 0 Å². The second kappa shape index (κ2) is 3.84. The first-order valence-electron chi connectivity index (χ1n) is 2.52. The topological polar surface area (TPSA) is 9.23 Å². The van der Waals surface area contributed by atoms with Crippen LogP contribution in [0.2, 0.25) is 0 Å². The van der Waals surface area contributed by atoms with E-state index in [-0.39, 0.29) is 12.5 Å². The summed E-state index contributed by atoms with van der Waals surface area (Å²) >= 11 is 0. The molecule has 0 fully saturated rings. The maximum atomic E-state index is 11.2. The summed E-state index contributed by atoms with van der Waals surface area (Å²) in [6.45, 7) is 3.78. The second-order valence-corrected chi connectivity index (χ2v) is 1.99. The minimum absolute atomic E-state index is 0.137. The van der Waals surface area contributed by atoms with Gasteiger partial charge in [-0.25, -0.2) is 0 Å². The van der Waals surface area contributed by atoms with Gasteiger partial charge in [-0.1, -0.05) is 13.8 Å². The van der Waals surface area contributed by atoms with Gasteiger partial charge in [0.2, 0.25) is 0 Å². The lowest BCUT2D eigenvalue weighted by molar-refractivity contribution is 0.221. The van der Waals surface area contributed by atoms with E-state index < -0.39 is 7.47 Å². The van der Waals surface area contributed by atoms with Gasteiger partial charge in [0.05, 0.1) is 0 Å². The Balaban J connectivity index is 2.93. The molecule has 0 aliphatic carbocycles. The van der Waals surface area contributed by atoms with Gasteiger partial charge >= 0.3 is 7.47 Å². The predicted octanol–water partition coefficient (Wildman–Crippen LogP) is 1.58. The molecule has 8 heavy (non-hydrogen) atoms. The second-order valence-electron chi connectivity index (χ2n) is 1.99. The highest BCUT2D eigenvalue weighted by atomic mass is 19.2. The maximum absolute atomic E-state index is 11.2. The molecule has 0 bridgehead atoms. The Morgan fingerprint density at radius 2 is 2.00 bits per heavy atom. The van der Waals surface area contributed by atoms with Gasteiger partial charge in [-0.15, -0.1) is 0 Å². The standard InChI is InChI=1S/C4H9BF2O/c1-4(2)3-8-5(6)7/h4H,3H2,1-2H3. The molecule has 0 amide bonds. The van der Waals surface area contributed by atoms with Crippen LogP contribution in [-0.4, -0.2) is 14.1 Å². The molecule has 48 valence electrons. The summed E-state index contributed by atoms with van der Waals surface area (Å²) < 4.78 is 26.3. The maximum Gasteiger partial charge on any atom is 0.721 e. The molecule has 0 heterocycles. The summed E-state index contributed by atoms with van der Waals surface area (Å²) in [5.41, 5.74) is 0. The molecule has 0 aliphatic rings. The molecule has 0 radical (unpaired) electrons. The average molecular weight is 122 g/mol. The smallest absolute Gasteiger partial charge is 0.379 e. The predicted molar refractivity (Wildman–Crippen MR) is 28.8 cm³/mol. The zero-order chi connectivity index (χ0) is 6.57. The van der Waals surface area contributed by atoms with Gasteiger partial charge in [-0.2, -0.15) is 0 Å². The number of hydrogen-bond acceptors (Lipinski definition) is 1. The summed E-state index contributed by atoms with van der Waals surface area (Å²) in [4.78, 5) is 0. The molecule has 0 aromatic heterocycles. The van der Waals surface area contributed by atoms with E-state index in [1.165, 1.54) is 0 Å². The Morgan fingerprint density at radius 3 is 2.12 bits per heavy atom. The van der Waals surface area contributed by atoms with Crippen LogP contribution in [0.3, 0.4) is 0 Å². The molecule has 0 rings (SSSR count). The van der Waals surface area contributed by atoms with E-state index in [0.717, 1.165) is 0 Å². The Bertz CT molecular complexity index is 50.0. The lowest BCUT2D eigenvalue weighted by atomic mass is 10.2. The zero-order valence-corrected chi connectivity index (χ0v) is 5.03. The molecule has 0 aromatic carbocycles. The molecule has 1 nitrogen and oxygen atoms in total. The van der Waals surface area contributed by atoms with Crippen molar-refractivity contribution in [3.8, 4) is 0 Å². The fourth-order valence-corrected chi connectivity index (χ4v) is 0.265. The molecule has 0 aromatic rings. The van der Waals surface area contributed by atoms with Gasteiger partial charge in [0.1, 0.15) is 0 Å². The molecule has 0 saturated carbocycles. The molecule has 0 unspecified atom stereocenters. The highest BCUT2D eigenvalue weighted by Crippen LogP contribution is 1.95. The van der Waals surface area contributed by atoms with Crippen molar-refractivity contribution in [2.24, 2.45) is 5.92 Å². The minimum atomic E-state index is -2.61. The van der Waals surface area contributed by atoms with E-state index in [1.54, 1.807) is 0 Å². The quantitative estimate of drug-likeness (QED) is 0.516. The zero-order valence-electron chi connectivity index (χ0n) is 5.03. The van der Waals surface area contributed by atoms with Gasteiger partial charge < -0.3 is 4.65 Å². The SMILES string of the molecule is CC(C)COB(F)F. The van der Waals surface area contributed by atoms with Gasteiger partial charge in [0.25, 0.3) is 0 Å². The number of halogens is 2. The van der Waals surface area contributed by atoms with Crippen molar-refractivity contribution in [2.75, 3.05) is 6.61 Å². The van der Waals surface area contributed by atoms with Crippen LogP contribution in [0, 0.1) is 5.92 Å². The molecule has 0 aliphatic heterocycles. The van der Waals surface area contributed by atoms with Crippen LogP contribution in [-0.2, 0) is 4.65 Å². The first-order chi connectivity index (χ1) is 3.63. The third-order valence-electron chi connectivity index (χ3n) is 0.556. The van der Waals surface area contributed by atoms with E-state index in [1.807, 2.05) is 13.8 Å². The number of hydrogen-bond donors (Lipinski definition) is 0. The van der Waals surface area contributed by atoms with Gasteiger partial charge in [0.15, 0.2) is 0 Å². The summed E-state index contributed by atoms with van der Waals surface area (Å²) in [5, 5.41) is 0. The van der Waals surface area contributed by atoms with Crippen molar-refractivity contribution < 1.29 is 13.3 Å². The van der Waals surface area contributed by atoms with Crippen LogP contribution < -0.4 is 0 Å². The molecule has 0 atom stereocenters. The van der Waals surface area contributed by atoms with E-state index >= 15 is 0 Å². The largest absolute Gasteiger partial charge is 0.721 e. The molecule has 0 N–H and O–H groups in total. The van der Waals surface area contributed by atoms with E-state index in [0.29, 0.717) is 0 Å². The molecular formula is C4H9BF2O.